The second-order valence-electron chi connectivity index (χ2n) is 3.07. The number of hydrogen-bond acceptors (Lipinski definition) is 4. The molecule has 0 fully saturated rings. The van der Waals surface area contributed by atoms with Gasteiger partial charge in [0.05, 0.1) is 11.6 Å². The van der Waals surface area contributed by atoms with Gasteiger partial charge in [0.25, 0.3) is 0 Å². The number of rotatable bonds is 5. The number of aryl methyl sites for hydroxylation is 1. The van der Waals surface area contributed by atoms with Crippen LogP contribution in [0, 0.1) is 6.92 Å². The van der Waals surface area contributed by atoms with Crippen LogP contribution in [0.2, 0.25) is 0 Å². The minimum absolute atomic E-state index is 0.810. The molecule has 0 atom stereocenters. The van der Waals surface area contributed by atoms with Crippen LogP contribution < -0.4 is 5.73 Å². The summed E-state index contributed by atoms with van der Waals surface area (Å²) in [4.78, 5) is 7.11. The number of hydrogen-bond donors (Lipinski definition) is 1. The van der Waals surface area contributed by atoms with Crippen molar-refractivity contribution in [2.24, 2.45) is 10.7 Å². The van der Waals surface area contributed by atoms with Gasteiger partial charge in [0.15, 0.2) is 0 Å². The zero-order valence-electron chi connectivity index (χ0n) is 9.06. The van der Waals surface area contributed by atoms with Crippen LogP contribution in [0.3, 0.4) is 0 Å². The van der Waals surface area contributed by atoms with E-state index in [4.69, 9.17) is 5.73 Å². The zero-order valence-corrected chi connectivity index (χ0v) is 10.7. The molecule has 82 valence electrons. The first kappa shape index (κ1) is 12.3. The third-order valence-corrected chi connectivity index (χ3v) is 3.29. The number of nitrogens with zero attached hydrogens (tertiary/aromatic N) is 1. The molecule has 1 rings (SSSR count). The average molecular weight is 240 g/mol. The molecule has 0 aliphatic rings. The van der Waals surface area contributed by atoms with Crippen LogP contribution in [0.4, 0.5) is 0 Å². The van der Waals surface area contributed by atoms with Gasteiger partial charge in [-0.2, -0.15) is 0 Å². The SMILES string of the molecule is CSC/N=C(\C/C=C\N)c1ccc(C)s1. The van der Waals surface area contributed by atoms with E-state index in [1.807, 2.05) is 6.08 Å². The summed E-state index contributed by atoms with van der Waals surface area (Å²) >= 11 is 3.51. The topological polar surface area (TPSA) is 38.4 Å². The quantitative estimate of drug-likeness (QED) is 0.803. The highest BCUT2D eigenvalue weighted by molar-refractivity contribution is 7.98. The smallest absolute Gasteiger partial charge is 0.0845 e. The van der Waals surface area contributed by atoms with E-state index in [9.17, 15) is 0 Å². The Labute approximate surface area is 99.3 Å². The maximum absolute atomic E-state index is 5.35. The zero-order chi connectivity index (χ0) is 11.1. The lowest BCUT2D eigenvalue weighted by molar-refractivity contribution is 1.31. The number of nitrogens with two attached hydrogens (primary N) is 1. The summed E-state index contributed by atoms with van der Waals surface area (Å²) < 4.78 is 0. The van der Waals surface area contributed by atoms with Crippen molar-refractivity contribution in [3.05, 3.63) is 34.2 Å². The average Bonchev–Trinajstić information content (AvgIpc) is 2.65. The Morgan fingerprint density at radius 3 is 2.93 bits per heavy atom. The van der Waals surface area contributed by atoms with Gasteiger partial charge in [-0.3, -0.25) is 4.99 Å². The van der Waals surface area contributed by atoms with Crippen molar-refractivity contribution < 1.29 is 0 Å². The van der Waals surface area contributed by atoms with Gasteiger partial charge in [0, 0.05) is 16.2 Å². The Morgan fingerprint density at radius 1 is 1.60 bits per heavy atom. The van der Waals surface area contributed by atoms with E-state index in [1.165, 1.54) is 9.75 Å². The Balaban J connectivity index is 2.80. The Hall–Kier alpha value is -0.740. The number of thiophene rings is 1. The molecular formula is C11H16N2S2. The predicted molar refractivity (Wildman–Crippen MR) is 71.9 cm³/mol. The van der Waals surface area contributed by atoms with Gasteiger partial charge in [0.1, 0.15) is 0 Å². The first-order valence-corrected chi connectivity index (χ1v) is 6.94. The summed E-state index contributed by atoms with van der Waals surface area (Å²) in [6.07, 6.45) is 6.39. The third kappa shape index (κ3) is 4.10. The molecule has 1 heterocycles. The molecule has 0 aliphatic heterocycles. The van der Waals surface area contributed by atoms with Crippen LogP contribution >= 0.6 is 23.1 Å². The number of aliphatic imine (C=N–C) groups is 1. The molecule has 15 heavy (non-hydrogen) atoms. The van der Waals surface area contributed by atoms with Gasteiger partial charge in [0.2, 0.25) is 0 Å². The molecule has 1 aromatic rings. The van der Waals surface area contributed by atoms with E-state index < -0.39 is 0 Å². The molecule has 0 spiro atoms. The molecule has 0 aliphatic carbocycles. The van der Waals surface area contributed by atoms with Gasteiger partial charge in [-0.05, 0) is 31.5 Å². The Kier molecular flexibility index (Phi) is 5.50. The molecule has 1 aromatic heterocycles. The molecule has 0 unspecified atom stereocenters. The predicted octanol–water partition coefficient (Wildman–Crippen LogP) is 3.03. The van der Waals surface area contributed by atoms with E-state index in [2.05, 4.69) is 30.3 Å². The largest absolute Gasteiger partial charge is 0.405 e. The van der Waals surface area contributed by atoms with Crippen LogP contribution in [0.5, 0.6) is 0 Å². The van der Waals surface area contributed by atoms with E-state index in [0.717, 1.165) is 18.0 Å². The first-order chi connectivity index (χ1) is 7.27. The van der Waals surface area contributed by atoms with Crippen molar-refractivity contribution in [2.75, 3.05) is 12.1 Å². The highest BCUT2D eigenvalue weighted by Gasteiger charge is 2.03. The summed E-state index contributed by atoms with van der Waals surface area (Å²) in [6, 6.07) is 4.25. The van der Waals surface area contributed by atoms with E-state index in [0.29, 0.717) is 0 Å². The fourth-order valence-electron chi connectivity index (χ4n) is 1.15. The molecular weight excluding hydrogens is 224 g/mol. The lowest BCUT2D eigenvalue weighted by atomic mass is 10.2. The van der Waals surface area contributed by atoms with Crippen molar-refractivity contribution in [1.82, 2.24) is 0 Å². The molecule has 2 nitrogen and oxygen atoms in total. The van der Waals surface area contributed by atoms with Gasteiger partial charge in [-0.15, -0.1) is 23.1 Å². The molecule has 0 bridgehead atoms. The van der Waals surface area contributed by atoms with E-state index >= 15 is 0 Å². The molecule has 0 amide bonds. The van der Waals surface area contributed by atoms with Crippen LogP contribution in [0.1, 0.15) is 16.2 Å². The van der Waals surface area contributed by atoms with Crippen molar-refractivity contribution in [3.8, 4) is 0 Å². The van der Waals surface area contributed by atoms with Gasteiger partial charge >= 0.3 is 0 Å². The minimum atomic E-state index is 0.810. The summed E-state index contributed by atoms with van der Waals surface area (Å²) in [7, 11) is 0. The van der Waals surface area contributed by atoms with Crippen molar-refractivity contribution in [3.63, 3.8) is 0 Å². The first-order valence-electron chi connectivity index (χ1n) is 4.73. The summed E-state index contributed by atoms with van der Waals surface area (Å²) in [5.74, 6) is 0.810. The Morgan fingerprint density at radius 2 is 2.40 bits per heavy atom. The highest BCUT2D eigenvalue weighted by atomic mass is 32.2. The molecule has 0 aromatic carbocycles. The molecule has 4 heteroatoms. The lowest BCUT2D eigenvalue weighted by Gasteiger charge is -2.00. The summed E-state index contributed by atoms with van der Waals surface area (Å²) in [5, 5.41) is 0. The molecule has 2 N–H and O–H groups in total. The Bertz CT molecular complexity index is 353. The van der Waals surface area contributed by atoms with Gasteiger partial charge < -0.3 is 5.73 Å². The normalized spacial score (nSPS) is 12.5. The van der Waals surface area contributed by atoms with Crippen LogP contribution in [-0.4, -0.2) is 17.8 Å². The number of allylic oxidation sites excluding steroid dienone is 1. The van der Waals surface area contributed by atoms with E-state index in [-0.39, 0.29) is 0 Å². The second kappa shape index (κ2) is 6.69. The standard InChI is InChI=1S/C11H16N2S2/c1-9-5-6-11(15-9)10(4-3-7-12)13-8-14-2/h3,5-7H,4,8,12H2,1-2H3/b7-3-,13-10+. The third-order valence-electron chi connectivity index (χ3n) is 1.86. The summed E-state index contributed by atoms with van der Waals surface area (Å²) in [6.45, 7) is 2.11. The fraction of sp³-hybridized carbons (Fsp3) is 0.364. The van der Waals surface area contributed by atoms with Crippen LogP contribution in [-0.2, 0) is 0 Å². The van der Waals surface area contributed by atoms with Crippen LogP contribution in [0.25, 0.3) is 0 Å². The van der Waals surface area contributed by atoms with Crippen molar-refractivity contribution in [1.29, 1.82) is 0 Å². The second-order valence-corrected chi connectivity index (χ2v) is 5.19. The maximum Gasteiger partial charge on any atom is 0.0845 e. The van der Waals surface area contributed by atoms with Crippen LogP contribution in [0.15, 0.2) is 29.4 Å². The van der Waals surface area contributed by atoms with Gasteiger partial charge in [-0.1, -0.05) is 6.08 Å². The van der Waals surface area contributed by atoms with Crippen molar-refractivity contribution >= 4 is 28.8 Å². The van der Waals surface area contributed by atoms with Crippen molar-refractivity contribution in [2.45, 2.75) is 13.3 Å². The molecule has 0 saturated heterocycles. The highest BCUT2D eigenvalue weighted by Crippen LogP contribution is 2.18. The van der Waals surface area contributed by atoms with E-state index in [1.54, 1.807) is 29.3 Å². The number of thioether (sulfide) groups is 1. The molecule has 0 radical (unpaired) electrons. The summed E-state index contributed by atoms with van der Waals surface area (Å²) in [5.41, 5.74) is 6.48. The molecule has 0 saturated carbocycles. The fourth-order valence-corrected chi connectivity index (χ4v) is 2.32. The monoisotopic (exact) mass is 240 g/mol. The minimum Gasteiger partial charge on any atom is -0.405 e. The maximum atomic E-state index is 5.35. The van der Waals surface area contributed by atoms with Gasteiger partial charge in [-0.25, -0.2) is 0 Å². The lowest BCUT2D eigenvalue weighted by Crippen LogP contribution is -1.97.